The standard InChI is InChI=1S/C10H20N2O2S/c1-14-4-2-3-12-10(13)8-15-7-9-5-11-6-9/h9,11H,2-8H2,1H3,(H,12,13). The van der Waals surface area contributed by atoms with Gasteiger partial charge in [-0.3, -0.25) is 4.79 Å². The van der Waals surface area contributed by atoms with E-state index >= 15 is 0 Å². The molecule has 0 atom stereocenters. The van der Waals surface area contributed by atoms with Gasteiger partial charge in [-0.15, -0.1) is 0 Å². The number of nitrogens with one attached hydrogen (secondary N) is 2. The molecule has 0 aliphatic carbocycles. The third-order valence-corrected chi connectivity index (χ3v) is 3.47. The largest absolute Gasteiger partial charge is 0.385 e. The zero-order valence-electron chi connectivity index (χ0n) is 9.25. The van der Waals surface area contributed by atoms with Crippen molar-refractivity contribution in [3.63, 3.8) is 0 Å². The van der Waals surface area contributed by atoms with E-state index in [4.69, 9.17) is 4.74 Å². The lowest BCUT2D eigenvalue weighted by atomic mass is 10.1. The van der Waals surface area contributed by atoms with Gasteiger partial charge in [-0.25, -0.2) is 0 Å². The first-order valence-corrected chi connectivity index (χ1v) is 6.52. The van der Waals surface area contributed by atoms with E-state index < -0.39 is 0 Å². The number of rotatable bonds is 8. The molecule has 1 fully saturated rings. The highest BCUT2D eigenvalue weighted by Crippen LogP contribution is 2.11. The molecule has 1 rings (SSSR count). The fourth-order valence-corrected chi connectivity index (χ4v) is 2.25. The van der Waals surface area contributed by atoms with E-state index in [2.05, 4.69) is 10.6 Å². The van der Waals surface area contributed by atoms with Gasteiger partial charge in [0.05, 0.1) is 5.75 Å². The minimum atomic E-state index is 0.142. The fourth-order valence-electron chi connectivity index (χ4n) is 1.28. The van der Waals surface area contributed by atoms with Gasteiger partial charge in [0.25, 0.3) is 0 Å². The molecule has 0 aromatic carbocycles. The molecule has 0 aromatic heterocycles. The molecule has 4 nitrogen and oxygen atoms in total. The van der Waals surface area contributed by atoms with Crippen LogP contribution in [0.2, 0.25) is 0 Å². The molecule has 2 N–H and O–H groups in total. The van der Waals surface area contributed by atoms with Crippen molar-refractivity contribution in [2.45, 2.75) is 6.42 Å². The summed E-state index contributed by atoms with van der Waals surface area (Å²) in [5.74, 6) is 2.60. The highest BCUT2D eigenvalue weighted by Gasteiger charge is 2.16. The second-order valence-corrected chi connectivity index (χ2v) is 4.77. The van der Waals surface area contributed by atoms with E-state index in [1.807, 2.05) is 0 Å². The lowest BCUT2D eigenvalue weighted by molar-refractivity contribution is -0.118. The van der Waals surface area contributed by atoms with Gasteiger partial charge in [-0.05, 0) is 31.2 Å². The van der Waals surface area contributed by atoms with Gasteiger partial charge in [-0.2, -0.15) is 11.8 Å². The highest BCUT2D eigenvalue weighted by atomic mass is 32.2. The van der Waals surface area contributed by atoms with E-state index in [0.29, 0.717) is 12.4 Å². The van der Waals surface area contributed by atoms with Crippen LogP contribution in [0.1, 0.15) is 6.42 Å². The van der Waals surface area contributed by atoms with Gasteiger partial charge in [0.15, 0.2) is 0 Å². The Kier molecular flexibility index (Phi) is 6.80. The van der Waals surface area contributed by atoms with Crippen molar-refractivity contribution < 1.29 is 9.53 Å². The van der Waals surface area contributed by atoms with Crippen LogP contribution in [0.15, 0.2) is 0 Å². The van der Waals surface area contributed by atoms with Gasteiger partial charge in [0.2, 0.25) is 5.91 Å². The minimum absolute atomic E-state index is 0.142. The number of carbonyl (C=O) groups is 1. The van der Waals surface area contributed by atoms with Gasteiger partial charge in [-0.1, -0.05) is 0 Å². The van der Waals surface area contributed by atoms with Crippen molar-refractivity contribution in [1.82, 2.24) is 10.6 Å². The second kappa shape index (κ2) is 7.96. The number of amides is 1. The predicted molar refractivity (Wildman–Crippen MR) is 63.2 cm³/mol. The summed E-state index contributed by atoms with van der Waals surface area (Å²) in [5, 5.41) is 6.09. The summed E-state index contributed by atoms with van der Waals surface area (Å²) < 4.78 is 4.89. The Balaban J connectivity index is 1.84. The molecule has 15 heavy (non-hydrogen) atoms. The van der Waals surface area contributed by atoms with Crippen LogP contribution in [0.3, 0.4) is 0 Å². The summed E-state index contributed by atoms with van der Waals surface area (Å²) >= 11 is 1.73. The molecule has 1 heterocycles. The van der Waals surface area contributed by atoms with E-state index in [1.165, 1.54) is 0 Å². The van der Waals surface area contributed by atoms with Gasteiger partial charge < -0.3 is 15.4 Å². The number of hydrogen-bond acceptors (Lipinski definition) is 4. The number of carbonyl (C=O) groups excluding carboxylic acids is 1. The first-order valence-electron chi connectivity index (χ1n) is 5.37. The maximum Gasteiger partial charge on any atom is 0.229 e. The molecule has 0 radical (unpaired) electrons. The third-order valence-electron chi connectivity index (χ3n) is 2.30. The maximum absolute atomic E-state index is 11.3. The number of hydrogen-bond donors (Lipinski definition) is 2. The molecule has 0 bridgehead atoms. The van der Waals surface area contributed by atoms with E-state index in [-0.39, 0.29) is 5.91 Å². The van der Waals surface area contributed by atoms with Crippen LogP contribution >= 0.6 is 11.8 Å². The predicted octanol–water partition coefficient (Wildman–Crippen LogP) is 0.0917. The molecule has 1 aliphatic heterocycles. The number of methoxy groups -OCH3 is 1. The van der Waals surface area contributed by atoms with E-state index in [0.717, 1.165) is 37.7 Å². The van der Waals surface area contributed by atoms with Crippen LogP contribution in [0, 0.1) is 5.92 Å². The molecule has 88 valence electrons. The Labute approximate surface area is 95.5 Å². The number of thioether (sulfide) groups is 1. The minimum Gasteiger partial charge on any atom is -0.385 e. The zero-order valence-corrected chi connectivity index (χ0v) is 10.1. The Hall–Kier alpha value is -0.260. The monoisotopic (exact) mass is 232 g/mol. The van der Waals surface area contributed by atoms with Crippen LogP contribution in [-0.2, 0) is 9.53 Å². The molecule has 1 amide bonds. The maximum atomic E-state index is 11.3. The summed E-state index contributed by atoms with van der Waals surface area (Å²) in [6.45, 7) is 3.66. The molecule has 0 saturated carbocycles. The molecule has 5 heteroatoms. The Morgan fingerprint density at radius 1 is 1.60 bits per heavy atom. The van der Waals surface area contributed by atoms with E-state index in [1.54, 1.807) is 18.9 Å². The second-order valence-electron chi connectivity index (χ2n) is 3.74. The summed E-state index contributed by atoms with van der Waals surface area (Å²) in [5.41, 5.74) is 0. The van der Waals surface area contributed by atoms with Crippen LogP contribution in [0.5, 0.6) is 0 Å². The summed E-state index contributed by atoms with van der Waals surface area (Å²) in [7, 11) is 1.67. The molecular weight excluding hydrogens is 212 g/mol. The zero-order chi connectivity index (χ0) is 10.9. The van der Waals surface area contributed by atoms with Crippen molar-refractivity contribution in [2.75, 3.05) is 44.9 Å². The molecule has 0 spiro atoms. The average Bonchev–Trinajstić information content (AvgIpc) is 2.17. The summed E-state index contributed by atoms with van der Waals surface area (Å²) in [6.07, 6.45) is 0.888. The highest BCUT2D eigenvalue weighted by molar-refractivity contribution is 7.99. The smallest absolute Gasteiger partial charge is 0.229 e. The molecule has 0 aromatic rings. The Morgan fingerprint density at radius 2 is 2.40 bits per heavy atom. The third kappa shape index (κ3) is 6.02. The van der Waals surface area contributed by atoms with Crippen molar-refractivity contribution in [2.24, 2.45) is 5.92 Å². The summed E-state index contributed by atoms with van der Waals surface area (Å²) in [6, 6.07) is 0. The lowest BCUT2D eigenvalue weighted by Crippen LogP contribution is -2.43. The normalized spacial score (nSPS) is 16.1. The van der Waals surface area contributed by atoms with Crippen molar-refractivity contribution in [3.05, 3.63) is 0 Å². The molecular formula is C10H20N2O2S. The SMILES string of the molecule is COCCCNC(=O)CSCC1CNC1. The quantitative estimate of drug-likeness (QED) is 0.583. The average molecular weight is 232 g/mol. The summed E-state index contributed by atoms with van der Waals surface area (Å²) in [4.78, 5) is 11.3. The number of ether oxygens (including phenoxy) is 1. The van der Waals surface area contributed by atoms with Crippen LogP contribution < -0.4 is 10.6 Å². The first-order chi connectivity index (χ1) is 7.33. The first kappa shape index (κ1) is 12.8. The lowest BCUT2D eigenvalue weighted by Gasteiger charge is -2.26. The van der Waals surface area contributed by atoms with Crippen LogP contribution in [0.25, 0.3) is 0 Å². The molecule has 1 aliphatic rings. The van der Waals surface area contributed by atoms with E-state index in [9.17, 15) is 4.79 Å². The topological polar surface area (TPSA) is 50.4 Å². The van der Waals surface area contributed by atoms with Crippen molar-refractivity contribution in [1.29, 1.82) is 0 Å². The fraction of sp³-hybridized carbons (Fsp3) is 0.900. The Bertz CT molecular complexity index is 186. The van der Waals surface area contributed by atoms with Crippen LogP contribution in [0.4, 0.5) is 0 Å². The van der Waals surface area contributed by atoms with Crippen molar-refractivity contribution in [3.8, 4) is 0 Å². The van der Waals surface area contributed by atoms with Gasteiger partial charge >= 0.3 is 0 Å². The molecule has 0 unspecified atom stereocenters. The van der Waals surface area contributed by atoms with Gasteiger partial charge in [0.1, 0.15) is 0 Å². The van der Waals surface area contributed by atoms with Gasteiger partial charge in [0, 0.05) is 20.3 Å². The van der Waals surface area contributed by atoms with Crippen molar-refractivity contribution >= 4 is 17.7 Å². The van der Waals surface area contributed by atoms with Crippen LogP contribution in [-0.4, -0.2) is 50.8 Å². The molecule has 1 saturated heterocycles. The Morgan fingerprint density at radius 3 is 3.00 bits per heavy atom.